The van der Waals surface area contributed by atoms with E-state index >= 15 is 0 Å². The predicted octanol–water partition coefficient (Wildman–Crippen LogP) is 8.77. The van der Waals surface area contributed by atoms with Gasteiger partial charge in [-0.15, -0.1) is 0 Å². The van der Waals surface area contributed by atoms with Gasteiger partial charge in [-0.2, -0.15) is 0 Å². The molecular weight excluding hydrogens is 783 g/mol. The van der Waals surface area contributed by atoms with Crippen molar-refractivity contribution in [2.45, 2.75) is 84.1 Å². The van der Waals surface area contributed by atoms with E-state index in [4.69, 9.17) is 38.1 Å². The maximum Gasteiger partial charge on any atom is 0.305 e. The first kappa shape index (κ1) is 49.7. The highest BCUT2D eigenvalue weighted by Gasteiger charge is 2.34. The third kappa shape index (κ3) is 18.2. The first-order valence-corrected chi connectivity index (χ1v) is 26.7. The Labute approximate surface area is 354 Å². The summed E-state index contributed by atoms with van der Waals surface area (Å²) < 4.78 is 40.1. The van der Waals surface area contributed by atoms with E-state index in [1.54, 1.807) is 0 Å². The zero-order valence-corrected chi connectivity index (χ0v) is 37.0. The standard InChI is InChI=1S/C44H63N3O9Si2.CH4/c1-57(2,32-10-9-20-44(49)55-35-43-41-18-7-5-16-39(41)40-17-6-8-19-42(40)43)56-58(3,4)38-15-11-13-36(34-38)33-37(48)14-12-22-50-24-26-52-28-30-54-31-29-53-27-25-51-23-21-46-47-45;/h5-8,11,13,15-19,34,43H,9-10,12,14,20-33,35H2,1-4H3;1H4. The number of ether oxygens (including phenoxy) is 6. The fraction of sp³-hybridized carbons (Fsp3) is 0.556. The van der Waals surface area contributed by atoms with Crippen molar-refractivity contribution in [1.82, 2.24) is 0 Å². The fourth-order valence-corrected chi connectivity index (χ4v) is 15.7. The average molecular weight is 850 g/mol. The highest BCUT2D eigenvalue weighted by atomic mass is 28.4. The summed E-state index contributed by atoms with van der Waals surface area (Å²) in [5.74, 6) is 0.136. The number of nitrogens with zero attached hydrogens (tertiary/aromatic N) is 3. The summed E-state index contributed by atoms with van der Waals surface area (Å²) in [4.78, 5) is 28.3. The van der Waals surface area contributed by atoms with Gasteiger partial charge >= 0.3 is 5.97 Å². The molecule has 3 aromatic rings. The minimum Gasteiger partial charge on any atom is -0.465 e. The number of esters is 1. The van der Waals surface area contributed by atoms with Crippen molar-refractivity contribution in [3.63, 3.8) is 0 Å². The molecule has 1 aliphatic carbocycles. The Morgan fingerprint density at radius 3 is 1.83 bits per heavy atom. The summed E-state index contributed by atoms with van der Waals surface area (Å²) in [6, 6.07) is 26.1. The minimum absolute atomic E-state index is 0. The van der Waals surface area contributed by atoms with E-state index in [-0.39, 0.29) is 25.1 Å². The van der Waals surface area contributed by atoms with Gasteiger partial charge in [0.25, 0.3) is 0 Å². The molecule has 0 spiro atoms. The van der Waals surface area contributed by atoms with Gasteiger partial charge in [0.05, 0.1) is 59.5 Å². The average Bonchev–Trinajstić information content (AvgIpc) is 3.52. The molecule has 4 rings (SSSR count). The van der Waals surface area contributed by atoms with E-state index in [2.05, 4.69) is 96.9 Å². The maximum atomic E-state index is 12.8. The maximum absolute atomic E-state index is 12.8. The molecule has 0 bridgehead atoms. The van der Waals surface area contributed by atoms with Crippen LogP contribution in [0.3, 0.4) is 0 Å². The molecule has 0 heterocycles. The monoisotopic (exact) mass is 849 g/mol. The summed E-state index contributed by atoms with van der Waals surface area (Å²) in [6.07, 6.45) is 3.66. The third-order valence-electron chi connectivity index (χ3n) is 9.97. The lowest BCUT2D eigenvalue weighted by molar-refractivity contribution is -0.144. The molecule has 0 N–H and O–H groups in total. The van der Waals surface area contributed by atoms with Crippen molar-refractivity contribution < 1.29 is 42.1 Å². The molecule has 0 aliphatic heterocycles. The normalized spacial score (nSPS) is 12.3. The lowest BCUT2D eigenvalue weighted by Crippen LogP contribution is -2.52. The van der Waals surface area contributed by atoms with Crippen molar-refractivity contribution in [3.05, 3.63) is 99.9 Å². The molecule has 0 amide bonds. The molecule has 3 aromatic carbocycles. The molecule has 0 atom stereocenters. The molecule has 324 valence electrons. The lowest BCUT2D eigenvalue weighted by Gasteiger charge is -2.34. The van der Waals surface area contributed by atoms with Gasteiger partial charge in [0.2, 0.25) is 8.32 Å². The van der Waals surface area contributed by atoms with Crippen molar-refractivity contribution in [3.8, 4) is 11.1 Å². The molecule has 0 aromatic heterocycles. The summed E-state index contributed by atoms with van der Waals surface area (Å²) >= 11 is 0. The highest BCUT2D eigenvalue weighted by Crippen LogP contribution is 2.44. The molecule has 0 saturated heterocycles. The molecule has 1 aliphatic rings. The number of rotatable bonds is 31. The van der Waals surface area contributed by atoms with E-state index in [0.29, 0.717) is 105 Å². The second-order valence-corrected chi connectivity index (χ2v) is 24.0. The molecule has 0 unspecified atom stereocenters. The second kappa shape index (κ2) is 27.2. The Hall–Kier alpha value is -3.70. The number of ketones is 1. The van der Waals surface area contributed by atoms with Gasteiger partial charge in [0.1, 0.15) is 12.4 Å². The van der Waals surface area contributed by atoms with Gasteiger partial charge in [0.15, 0.2) is 8.32 Å². The van der Waals surface area contributed by atoms with Crippen LogP contribution >= 0.6 is 0 Å². The van der Waals surface area contributed by atoms with Crippen LogP contribution in [0.25, 0.3) is 21.6 Å². The van der Waals surface area contributed by atoms with E-state index in [1.807, 2.05) is 12.1 Å². The van der Waals surface area contributed by atoms with Crippen LogP contribution in [0.4, 0.5) is 0 Å². The van der Waals surface area contributed by atoms with Crippen LogP contribution in [-0.2, 0) is 48.5 Å². The molecule has 0 saturated carbocycles. The van der Waals surface area contributed by atoms with Gasteiger partial charge < -0.3 is 32.5 Å². The van der Waals surface area contributed by atoms with Crippen LogP contribution < -0.4 is 5.19 Å². The van der Waals surface area contributed by atoms with Gasteiger partial charge in [-0.25, -0.2) is 0 Å². The summed E-state index contributed by atoms with van der Waals surface area (Å²) in [5.41, 5.74) is 14.1. The number of azide groups is 1. The molecule has 59 heavy (non-hydrogen) atoms. The number of hydrogen-bond acceptors (Lipinski definition) is 10. The van der Waals surface area contributed by atoms with E-state index in [0.717, 1.165) is 24.4 Å². The Morgan fingerprint density at radius 1 is 0.678 bits per heavy atom. The van der Waals surface area contributed by atoms with Crippen molar-refractivity contribution in [2.24, 2.45) is 5.11 Å². The van der Waals surface area contributed by atoms with Crippen LogP contribution in [0.1, 0.15) is 62.1 Å². The smallest absolute Gasteiger partial charge is 0.305 e. The van der Waals surface area contributed by atoms with Gasteiger partial charge in [-0.05, 0) is 83.6 Å². The van der Waals surface area contributed by atoms with Crippen LogP contribution in [0.5, 0.6) is 0 Å². The Bertz CT molecular complexity index is 1710. The topological polar surface area (TPSA) is 148 Å². The zero-order chi connectivity index (χ0) is 41.5. The van der Waals surface area contributed by atoms with Crippen molar-refractivity contribution in [1.29, 1.82) is 0 Å². The lowest BCUT2D eigenvalue weighted by atomic mass is 9.98. The highest BCUT2D eigenvalue weighted by molar-refractivity contribution is 6.92. The van der Waals surface area contributed by atoms with Crippen molar-refractivity contribution >= 4 is 33.6 Å². The first-order valence-electron chi connectivity index (χ1n) is 20.6. The predicted molar refractivity (Wildman–Crippen MR) is 238 cm³/mol. The number of unbranched alkanes of at least 4 members (excludes halogenated alkanes) is 1. The number of fused-ring (bicyclic) bond motifs is 3. The number of carbonyl (C=O) groups is 2. The van der Waals surface area contributed by atoms with Crippen LogP contribution in [-0.4, -0.2) is 108 Å². The van der Waals surface area contributed by atoms with Gasteiger partial charge in [-0.3, -0.25) is 9.59 Å². The Morgan fingerprint density at radius 2 is 1.24 bits per heavy atom. The first-order chi connectivity index (χ1) is 28.1. The molecular formula is C45H67N3O9Si2. The van der Waals surface area contributed by atoms with Gasteiger partial charge in [-0.1, -0.05) is 91.8 Å². The Kier molecular flexibility index (Phi) is 22.9. The largest absolute Gasteiger partial charge is 0.465 e. The van der Waals surface area contributed by atoms with Crippen LogP contribution in [0, 0.1) is 0 Å². The van der Waals surface area contributed by atoms with Crippen molar-refractivity contribution in [2.75, 3.05) is 79.2 Å². The molecule has 0 radical (unpaired) electrons. The second-order valence-electron chi connectivity index (χ2n) is 15.5. The quantitative estimate of drug-likeness (QED) is 0.0155. The molecule has 14 heteroatoms. The zero-order valence-electron chi connectivity index (χ0n) is 35.0. The SMILES string of the molecule is C.C[Si](C)(CCCCC(=O)OCC1c2ccccc2-c2ccccc21)O[Si](C)(C)c1cccc(CC(=O)CCCOCCOCCOCCOCCOCCN=[N+]=[N-])c1. The molecule has 0 fully saturated rings. The third-order valence-corrected chi connectivity index (χ3v) is 17.5. The summed E-state index contributed by atoms with van der Waals surface area (Å²) in [7, 11) is -4.25. The van der Waals surface area contributed by atoms with E-state index in [9.17, 15) is 9.59 Å². The number of hydrogen-bond donors (Lipinski definition) is 0. The number of benzene rings is 3. The summed E-state index contributed by atoms with van der Waals surface area (Å²) in [5, 5.41) is 4.58. The van der Waals surface area contributed by atoms with Gasteiger partial charge in [0, 0.05) is 43.2 Å². The Balaban J connectivity index is 0.00000930. The minimum atomic E-state index is -2.23. The van der Waals surface area contributed by atoms with Crippen LogP contribution in [0.2, 0.25) is 32.2 Å². The van der Waals surface area contributed by atoms with E-state index < -0.39 is 16.6 Å². The fourth-order valence-electron chi connectivity index (χ4n) is 7.18. The number of carbonyl (C=O) groups excluding carboxylic acids is 2. The summed E-state index contributed by atoms with van der Waals surface area (Å²) in [6.45, 7) is 14.3. The van der Waals surface area contributed by atoms with Crippen LogP contribution in [0.15, 0.2) is 77.9 Å². The number of Topliss-reactive ketones (excluding diaryl/α,β-unsaturated/α-hetero) is 1. The van der Waals surface area contributed by atoms with E-state index in [1.165, 1.54) is 27.4 Å². The molecule has 12 nitrogen and oxygen atoms in total.